The standard InChI is InChI=1S/C15H11ClFNO3/c16-13(9-4-2-1-3-5-9)14(19)18-12-8-10(15(20)21)6-7-11(12)17/h1-8,13H,(H,18,19)(H,20,21). The first kappa shape index (κ1) is 15.0. The van der Waals surface area contributed by atoms with E-state index in [0.29, 0.717) is 5.56 Å². The minimum atomic E-state index is -1.21. The Balaban J connectivity index is 2.20. The SMILES string of the molecule is O=C(O)c1ccc(F)c(NC(=O)C(Cl)c2ccccc2)c1. The van der Waals surface area contributed by atoms with Gasteiger partial charge in [0.1, 0.15) is 11.2 Å². The molecule has 0 aromatic heterocycles. The number of hydrogen-bond acceptors (Lipinski definition) is 2. The van der Waals surface area contributed by atoms with Gasteiger partial charge >= 0.3 is 5.97 Å². The molecule has 1 unspecified atom stereocenters. The van der Waals surface area contributed by atoms with E-state index in [0.717, 1.165) is 18.2 Å². The molecule has 0 aliphatic rings. The van der Waals surface area contributed by atoms with E-state index in [1.807, 2.05) is 0 Å². The Labute approximate surface area is 125 Å². The second kappa shape index (κ2) is 6.37. The second-order valence-corrected chi connectivity index (χ2v) is 4.70. The van der Waals surface area contributed by atoms with Gasteiger partial charge < -0.3 is 10.4 Å². The quantitative estimate of drug-likeness (QED) is 0.850. The van der Waals surface area contributed by atoms with E-state index in [-0.39, 0.29) is 11.3 Å². The molecule has 108 valence electrons. The summed E-state index contributed by atoms with van der Waals surface area (Å²) in [5, 5.41) is 10.2. The van der Waals surface area contributed by atoms with Crippen molar-refractivity contribution in [1.29, 1.82) is 0 Å². The van der Waals surface area contributed by atoms with Crippen molar-refractivity contribution in [2.75, 3.05) is 5.32 Å². The van der Waals surface area contributed by atoms with E-state index in [1.165, 1.54) is 0 Å². The molecular formula is C15H11ClFNO3. The van der Waals surface area contributed by atoms with Crippen LogP contribution in [-0.2, 0) is 4.79 Å². The van der Waals surface area contributed by atoms with Crippen molar-refractivity contribution in [2.45, 2.75) is 5.38 Å². The lowest BCUT2D eigenvalue weighted by Gasteiger charge is -2.12. The predicted octanol–water partition coefficient (Wildman–Crippen LogP) is 3.44. The van der Waals surface area contributed by atoms with Gasteiger partial charge in [-0.2, -0.15) is 0 Å². The number of carbonyl (C=O) groups excluding carboxylic acids is 1. The highest BCUT2D eigenvalue weighted by Gasteiger charge is 2.19. The van der Waals surface area contributed by atoms with E-state index in [4.69, 9.17) is 16.7 Å². The highest BCUT2D eigenvalue weighted by atomic mass is 35.5. The molecule has 2 rings (SSSR count). The van der Waals surface area contributed by atoms with Crippen molar-refractivity contribution in [1.82, 2.24) is 0 Å². The van der Waals surface area contributed by atoms with E-state index in [2.05, 4.69) is 5.32 Å². The molecule has 1 atom stereocenters. The Hall–Kier alpha value is -2.40. The number of amides is 1. The summed E-state index contributed by atoms with van der Waals surface area (Å²) in [4.78, 5) is 22.8. The summed E-state index contributed by atoms with van der Waals surface area (Å²) >= 11 is 6.01. The minimum Gasteiger partial charge on any atom is -0.478 e. The third-order valence-electron chi connectivity index (χ3n) is 2.79. The van der Waals surface area contributed by atoms with Crippen LogP contribution in [0.1, 0.15) is 21.3 Å². The topological polar surface area (TPSA) is 66.4 Å². The molecule has 0 aliphatic carbocycles. The average molecular weight is 308 g/mol. The summed E-state index contributed by atoms with van der Waals surface area (Å²) in [5.41, 5.74) is 0.213. The van der Waals surface area contributed by atoms with Crippen molar-refractivity contribution in [3.8, 4) is 0 Å². The van der Waals surface area contributed by atoms with Crippen LogP contribution in [0.2, 0.25) is 0 Å². The monoisotopic (exact) mass is 307 g/mol. The third kappa shape index (κ3) is 3.58. The molecule has 2 N–H and O–H groups in total. The van der Waals surface area contributed by atoms with Crippen LogP contribution in [0.25, 0.3) is 0 Å². The van der Waals surface area contributed by atoms with Crippen molar-refractivity contribution < 1.29 is 19.1 Å². The molecule has 0 aliphatic heterocycles. The number of benzene rings is 2. The van der Waals surface area contributed by atoms with Crippen LogP contribution >= 0.6 is 11.6 Å². The summed E-state index contributed by atoms with van der Waals surface area (Å²) < 4.78 is 13.6. The summed E-state index contributed by atoms with van der Waals surface area (Å²) in [6, 6.07) is 11.7. The number of rotatable bonds is 4. The largest absolute Gasteiger partial charge is 0.478 e. The predicted molar refractivity (Wildman–Crippen MR) is 77.0 cm³/mol. The van der Waals surface area contributed by atoms with Crippen molar-refractivity contribution in [3.05, 3.63) is 65.5 Å². The zero-order valence-corrected chi connectivity index (χ0v) is 11.5. The molecule has 0 saturated heterocycles. The van der Waals surface area contributed by atoms with Gasteiger partial charge in [-0.25, -0.2) is 9.18 Å². The first-order valence-corrected chi connectivity index (χ1v) is 6.45. The highest BCUT2D eigenvalue weighted by Crippen LogP contribution is 2.23. The van der Waals surface area contributed by atoms with E-state index >= 15 is 0 Å². The molecule has 0 heterocycles. The summed E-state index contributed by atoms with van der Waals surface area (Å²) in [6.45, 7) is 0. The molecule has 1 amide bonds. The first-order valence-electron chi connectivity index (χ1n) is 6.02. The van der Waals surface area contributed by atoms with Gasteiger partial charge in [0.05, 0.1) is 11.3 Å². The van der Waals surface area contributed by atoms with Crippen molar-refractivity contribution in [2.24, 2.45) is 0 Å². The number of anilines is 1. The van der Waals surface area contributed by atoms with Crippen LogP contribution in [0.3, 0.4) is 0 Å². The van der Waals surface area contributed by atoms with Gasteiger partial charge in [0, 0.05) is 0 Å². The van der Waals surface area contributed by atoms with Crippen molar-refractivity contribution >= 4 is 29.2 Å². The zero-order chi connectivity index (χ0) is 15.4. The number of hydrogen-bond donors (Lipinski definition) is 2. The van der Waals surface area contributed by atoms with Gasteiger partial charge in [-0.1, -0.05) is 30.3 Å². The molecule has 0 radical (unpaired) electrons. The van der Waals surface area contributed by atoms with Gasteiger partial charge in [0.25, 0.3) is 0 Å². The average Bonchev–Trinajstić information content (AvgIpc) is 2.49. The number of carbonyl (C=O) groups is 2. The fourth-order valence-corrected chi connectivity index (χ4v) is 1.92. The molecule has 0 saturated carbocycles. The molecular weight excluding hydrogens is 297 g/mol. The zero-order valence-electron chi connectivity index (χ0n) is 10.7. The number of alkyl halides is 1. The van der Waals surface area contributed by atoms with Crippen LogP contribution < -0.4 is 5.32 Å². The lowest BCUT2D eigenvalue weighted by atomic mass is 10.1. The van der Waals surface area contributed by atoms with Crippen LogP contribution in [-0.4, -0.2) is 17.0 Å². The smallest absolute Gasteiger partial charge is 0.335 e. The summed E-state index contributed by atoms with van der Waals surface area (Å²) in [5.74, 6) is -2.58. The van der Waals surface area contributed by atoms with Gasteiger partial charge in [-0.3, -0.25) is 4.79 Å². The Morgan fingerprint density at radius 1 is 1.14 bits per heavy atom. The number of aromatic carboxylic acids is 1. The fourth-order valence-electron chi connectivity index (χ4n) is 1.72. The number of nitrogens with one attached hydrogen (secondary N) is 1. The van der Waals surface area contributed by atoms with E-state index in [9.17, 15) is 14.0 Å². The van der Waals surface area contributed by atoms with E-state index < -0.39 is 23.1 Å². The Morgan fingerprint density at radius 3 is 2.43 bits per heavy atom. The summed E-state index contributed by atoms with van der Waals surface area (Å²) in [7, 11) is 0. The Bertz CT molecular complexity index is 676. The minimum absolute atomic E-state index is 0.127. The highest BCUT2D eigenvalue weighted by molar-refractivity contribution is 6.32. The molecule has 2 aromatic carbocycles. The normalized spacial score (nSPS) is 11.7. The molecule has 6 heteroatoms. The molecule has 0 fully saturated rings. The summed E-state index contributed by atoms with van der Waals surface area (Å²) in [6.07, 6.45) is 0. The van der Waals surface area contributed by atoms with Gasteiger partial charge in [0.15, 0.2) is 0 Å². The molecule has 0 bridgehead atoms. The maximum absolute atomic E-state index is 13.6. The molecule has 0 spiro atoms. The van der Waals surface area contributed by atoms with Crippen LogP contribution in [0.5, 0.6) is 0 Å². The lowest BCUT2D eigenvalue weighted by molar-refractivity contribution is -0.116. The third-order valence-corrected chi connectivity index (χ3v) is 3.24. The number of carboxylic acids is 1. The van der Waals surface area contributed by atoms with Gasteiger partial charge in [0.2, 0.25) is 5.91 Å². The van der Waals surface area contributed by atoms with Gasteiger partial charge in [-0.05, 0) is 23.8 Å². The second-order valence-electron chi connectivity index (χ2n) is 4.26. The first-order chi connectivity index (χ1) is 9.99. The Morgan fingerprint density at radius 2 is 1.81 bits per heavy atom. The fraction of sp³-hybridized carbons (Fsp3) is 0.0667. The maximum atomic E-state index is 13.6. The van der Waals surface area contributed by atoms with Crippen LogP contribution in [0, 0.1) is 5.82 Å². The molecule has 21 heavy (non-hydrogen) atoms. The number of halogens is 2. The van der Waals surface area contributed by atoms with Crippen LogP contribution in [0.4, 0.5) is 10.1 Å². The molecule has 4 nitrogen and oxygen atoms in total. The maximum Gasteiger partial charge on any atom is 0.335 e. The van der Waals surface area contributed by atoms with Crippen LogP contribution in [0.15, 0.2) is 48.5 Å². The Kier molecular flexibility index (Phi) is 4.55. The van der Waals surface area contributed by atoms with E-state index in [1.54, 1.807) is 30.3 Å². The van der Waals surface area contributed by atoms with Gasteiger partial charge in [-0.15, -0.1) is 11.6 Å². The lowest BCUT2D eigenvalue weighted by Crippen LogP contribution is -2.18. The molecule has 2 aromatic rings. The number of carboxylic acid groups (broad SMARTS) is 1. The van der Waals surface area contributed by atoms with Crippen molar-refractivity contribution in [3.63, 3.8) is 0 Å².